The number of rotatable bonds is 7. The second-order valence-electron chi connectivity index (χ2n) is 6.47. The number of hydrogen-bond donors (Lipinski definition) is 1. The molecule has 2 aromatic carbocycles. The van der Waals surface area contributed by atoms with Gasteiger partial charge in [-0.25, -0.2) is 9.98 Å². The van der Waals surface area contributed by atoms with E-state index in [4.69, 9.17) is 16.6 Å². The van der Waals surface area contributed by atoms with Gasteiger partial charge in [0, 0.05) is 17.1 Å². The highest BCUT2D eigenvalue weighted by molar-refractivity contribution is 6.31. The molecule has 0 bridgehead atoms. The van der Waals surface area contributed by atoms with Gasteiger partial charge in [0.05, 0.1) is 16.7 Å². The summed E-state index contributed by atoms with van der Waals surface area (Å²) in [4.78, 5) is 9.41. The monoisotopic (exact) mass is 369 g/mol. The average Bonchev–Trinajstić information content (AvgIpc) is 2.98. The minimum absolute atomic E-state index is 0.168. The summed E-state index contributed by atoms with van der Waals surface area (Å²) >= 11 is 6.07. The standard InChI is InChI=1S/C21H24ClN3O/c1-3-4-5-8-13-25-19-10-7-6-9-18(19)24-21(25)23-15(2)17-14-16(22)11-12-20(17)26/h6-7,9-12,14,26H,3-5,8,13H2,1-2H3/b23-15+. The number of aromatic nitrogens is 2. The molecule has 1 aromatic heterocycles. The van der Waals surface area contributed by atoms with E-state index in [0.717, 1.165) is 24.0 Å². The molecule has 1 heterocycles. The van der Waals surface area contributed by atoms with E-state index in [1.165, 1.54) is 19.3 Å². The van der Waals surface area contributed by atoms with E-state index in [2.05, 4.69) is 22.5 Å². The Morgan fingerprint density at radius 2 is 1.96 bits per heavy atom. The van der Waals surface area contributed by atoms with E-state index < -0.39 is 0 Å². The molecule has 0 aliphatic carbocycles. The topological polar surface area (TPSA) is 50.4 Å². The number of halogens is 1. The number of phenolic OH excluding ortho intramolecular Hbond substituents is 1. The highest BCUT2D eigenvalue weighted by atomic mass is 35.5. The van der Waals surface area contributed by atoms with E-state index in [1.807, 2.05) is 25.1 Å². The summed E-state index contributed by atoms with van der Waals surface area (Å²) in [5, 5.41) is 10.7. The Hall–Kier alpha value is -2.33. The maximum atomic E-state index is 10.1. The Morgan fingerprint density at radius 1 is 1.15 bits per heavy atom. The third-order valence-electron chi connectivity index (χ3n) is 4.49. The Kier molecular flexibility index (Phi) is 5.94. The number of nitrogens with zero attached hydrogens (tertiary/aromatic N) is 3. The van der Waals surface area contributed by atoms with Gasteiger partial charge in [-0.05, 0) is 43.7 Å². The van der Waals surface area contributed by atoms with Gasteiger partial charge in [0.25, 0.3) is 0 Å². The lowest BCUT2D eigenvalue weighted by atomic mass is 10.1. The first-order valence-electron chi connectivity index (χ1n) is 9.09. The van der Waals surface area contributed by atoms with Crippen LogP contribution in [-0.2, 0) is 6.54 Å². The van der Waals surface area contributed by atoms with Crippen LogP contribution in [0, 0.1) is 0 Å². The van der Waals surface area contributed by atoms with Crippen LogP contribution in [-0.4, -0.2) is 20.4 Å². The van der Waals surface area contributed by atoms with Gasteiger partial charge in [-0.15, -0.1) is 0 Å². The highest BCUT2D eigenvalue weighted by Crippen LogP contribution is 2.26. The van der Waals surface area contributed by atoms with Crippen molar-refractivity contribution in [3.05, 3.63) is 53.1 Å². The number of aryl methyl sites for hydroxylation is 1. The van der Waals surface area contributed by atoms with Crippen LogP contribution in [0.25, 0.3) is 11.0 Å². The number of unbranched alkanes of at least 4 members (excludes halogenated alkanes) is 3. The quantitative estimate of drug-likeness (QED) is 0.403. The molecule has 1 N–H and O–H groups in total. The first-order chi connectivity index (χ1) is 12.6. The van der Waals surface area contributed by atoms with Gasteiger partial charge >= 0.3 is 0 Å². The lowest BCUT2D eigenvalue weighted by Crippen LogP contribution is -2.00. The van der Waals surface area contributed by atoms with Crippen molar-refractivity contribution in [2.45, 2.75) is 46.1 Å². The van der Waals surface area contributed by atoms with Crippen LogP contribution >= 0.6 is 11.6 Å². The van der Waals surface area contributed by atoms with Crippen molar-refractivity contribution in [2.75, 3.05) is 0 Å². The predicted molar refractivity (Wildman–Crippen MR) is 109 cm³/mol. The van der Waals surface area contributed by atoms with Crippen LogP contribution in [0.4, 0.5) is 5.95 Å². The van der Waals surface area contributed by atoms with Gasteiger partial charge in [-0.1, -0.05) is 49.9 Å². The fraction of sp³-hybridized carbons (Fsp3) is 0.333. The molecule has 0 amide bonds. The van der Waals surface area contributed by atoms with Crippen LogP contribution in [0.1, 0.15) is 45.1 Å². The second-order valence-corrected chi connectivity index (χ2v) is 6.91. The summed E-state index contributed by atoms with van der Waals surface area (Å²) in [7, 11) is 0. The molecule has 0 aliphatic heterocycles. The first-order valence-corrected chi connectivity index (χ1v) is 9.47. The minimum Gasteiger partial charge on any atom is -0.507 e. The van der Waals surface area contributed by atoms with Crippen molar-refractivity contribution in [3.8, 4) is 5.75 Å². The van der Waals surface area contributed by atoms with E-state index in [1.54, 1.807) is 18.2 Å². The van der Waals surface area contributed by atoms with Gasteiger partial charge in [0.2, 0.25) is 5.95 Å². The summed E-state index contributed by atoms with van der Waals surface area (Å²) in [5.41, 5.74) is 3.34. The van der Waals surface area contributed by atoms with Gasteiger partial charge in [-0.3, -0.25) is 0 Å². The number of fused-ring (bicyclic) bond motifs is 1. The van der Waals surface area contributed by atoms with Crippen molar-refractivity contribution in [1.29, 1.82) is 0 Å². The van der Waals surface area contributed by atoms with Crippen molar-refractivity contribution in [3.63, 3.8) is 0 Å². The molecule has 0 saturated carbocycles. The van der Waals surface area contributed by atoms with E-state index in [-0.39, 0.29) is 5.75 Å². The molecule has 0 saturated heterocycles. The SMILES string of the molecule is CCCCCCn1c(/N=C(\C)c2cc(Cl)ccc2O)nc2ccccc21. The molecule has 0 fully saturated rings. The Labute approximate surface area is 159 Å². The molecule has 3 aromatic rings. The van der Waals surface area contributed by atoms with Gasteiger partial charge in [0.1, 0.15) is 5.75 Å². The maximum Gasteiger partial charge on any atom is 0.230 e. The van der Waals surface area contributed by atoms with E-state index >= 15 is 0 Å². The molecule has 0 atom stereocenters. The number of benzene rings is 2. The smallest absolute Gasteiger partial charge is 0.230 e. The summed E-state index contributed by atoms with van der Waals surface area (Å²) in [6.07, 6.45) is 4.74. The average molecular weight is 370 g/mol. The molecule has 4 nitrogen and oxygen atoms in total. The van der Waals surface area contributed by atoms with Crippen LogP contribution in [0.5, 0.6) is 5.75 Å². The van der Waals surface area contributed by atoms with Gasteiger partial charge in [0.15, 0.2) is 0 Å². The van der Waals surface area contributed by atoms with Crippen LogP contribution in [0.15, 0.2) is 47.5 Å². The normalized spacial score (nSPS) is 12.0. The van der Waals surface area contributed by atoms with Crippen molar-refractivity contribution < 1.29 is 5.11 Å². The molecule has 0 radical (unpaired) electrons. The van der Waals surface area contributed by atoms with Crippen LogP contribution in [0.2, 0.25) is 5.02 Å². The number of aromatic hydroxyl groups is 1. The zero-order valence-corrected chi connectivity index (χ0v) is 16.0. The molecule has 0 aliphatic rings. The first kappa shape index (κ1) is 18.5. The summed E-state index contributed by atoms with van der Waals surface area (Å²) in [5.74, 6) is 0.834. The number of hydrogen-bond acceptors (Lipinski definition) is 3. The van der Waals surface area contributed by atoms with Crippen LogP contribution in [0.3, 0.4) is 0 Å². The summed E-state index contributed by atoms with van der Waals surface area (Å²) < 4.78 is 2.16. The zero-order valence-electron chi connectivity index (χ0n) is 15.2. The minimum atomic E-state index is 0.168. The van der Waals surface area contributed by atoms with Crippen molar-refractivity contribution in [1.82, 2.24) is 9.55 Å². The molecule has 0 unspecified atom stereocenters. The second kappa shape index (κ2) is 8.37. The maximum absolute atomic E-state index is 10.1. The molecule has 26 heavy (non-hydrogen) atoms. The predicted octanol–water partition coefficient (Wildman–Crippen LogP) is 6.12. The molecule has 0 spiro atoms. The molecular formula is C21H24ClN3O. The fourth-order valence-corrected chi connectivity index (χ4v) is 3.25. The Balaban J connectivity index is 1.99. The number of imidazole rings is 1. The number of para-hydroxylation sites is 2. The third kappa shape index (κ3) is 4.07. The Bertz CT molecular complexity index is 930. The lowest BCUT2D eigenvalue weighted by Gasteiger charge is -2.08. The van der Waals surface area contributed by atoms with Gasteiger partial charge in [-0.2, -0.15) is 0 Å². The molecular weight excluding hydrogens is 346 g/mol. The fourth-order valence-electron chi connectivity index (χ4n) is 3.07. The third-order valence-corrected chi connectivity index (χ3v) is 4.72. The van der Waals surface area contributed by atoms with Crippen molar-refractivity contribution >= 4 is 34.3 Å². The van der Waals surface area contributed by atoms with Crippen LogP contribution < -0.4 is 0 Å². The number of aliphatic imine (C=N–C) groups is 1. The summed E-state index contributed by atoms with van der Waals surface area (Å²) in [6, 6.07) is 13.1. The van der Waals surface area contributed by atoms with E-state index in [0.29, 0.717) is 22.2 Å². The number of phenols is 1. The van der Waals surface area contributed by atoms with E-state index in [9.17, 15) is 5.11 Å². The Morgan fingerprint density at radius 3 is 2.77 bits per heavy atom. The molecule has 5 heteroatoms. The van der Waals surface area contributed by atoms with Crippen molar-refractivity contribution in [2.24, 2.45) is 4.99 Å². The van der Waals surface area contributed by atoms with Gasteiger partial charge < -0.3 is 9.67 Å². The largest absolute Gasteiger partial charge is 0.507 e. The lowest BCUT2D eigenvalue weighted by molar-refractivity contribution is 0.474. The zero-order chi connectivity index (χ0) is 18.5. The highest BCUT2D eigenvalue weighted by Gasteiger charge is 2.12. The molecule has 3 rings (SSSR count). The molecule has 136 valence electrons. The summed E-state index contributed by atoms with van der Waals surface area (Å²) in [6.45, 7) is 4.96.